The van der Waals surface area contributed by atoms with Gasteiger partial charge in [0.1, 0.15) is 18.2 Å². The molecule has 2 aromatic rings. The van der Waals surface area contributed by atoms with Gasteiger partial charge in [-0.2, -0.15) is 5.10 Å². The van der Waals surface area contributed by atoms with Crippen molar-refractivity contribution in [1.82, 2.24) is 14.8 Å². The maximum Gasteiger partial charge on any atom is 0.160 e. The van der Waals surface area contributed by atoms with Crippen LogP contribution in [0.15, 0.2) is 29.0 Å². The Balaban J connectivity index is 2.38. The van der Waals surface area contributed by atoms with Crippen LogP contribution in [-0.4, -0.2) is 19.9 Å². The van der Waals surface area contributed by atoms with Crippen LogP contribution < -0.4 is 0 Å². The number of hydrogen-bond acceptors (Lipinski definition) is 3. The monoisotopic (exact) mass is 313 g/mol. The first-order chi connectivity index (χ1) is 8.65. The standard InChI is InChI=1S/C12H13BrFN3O/c1-2-6-17-12(15-7-16-17)11(18)8-4-3-5-9(14)10(8)13/h3-5,7,11,18H,2,6H2,1H3. The molecule has 0 radical (unpaired) electrons. The Morgan fingerprint density at radius 3 is 3.00 bits per heavy atom. The van der Waals surface area contributed by atoms with E-state index in [0.717, 1.165) is 6.42 Å². The SMILES string of the molecule is CCCn1ncnc1C(O)c1cccc(F)c1Br. The summed E-state index contributed by atoms with van der Waals surface area (Å²) in [4.78, 5) is 4.04. The topological polar surface area (TPSA) is 50.9 Å². The van der Waals surface area contributed by atoms with E-state index in [4.69, 9.17) is 0 Å². The first-order valence-electron chi connectivity index (χ1n) is 5.64. The van der Waals surface area contributed by atoms with Crippen LogP contribution >= 0.6 is 15.9 Å². The van der Waals surface area contributed by atoms with E-state index < -0.39 is 11.9 Å². The fraction of sp³-hybridized carbons (Fsp3) is 0.333. The van der Waals surface area contributed by atoms with Gasteiger partial charge in [0, 0.05) is 12.1 Å². The zero-order chi connectivity index (χ0) is 13.1. The van der Waals surface area contributed by atoms with Gasteiger partial charge in [-0.05, 0) is 28.4 Å². The van der Waals surface area contributed by atoms with E-state index in [1.165, 1.54) is 12.4 Å². The average molecular weight is 314 g/mol. The molecule has 96 valence electrons. The molecule has 4 nitrogen and oxygen atoms in total. The highest BCUT2D eigenvalue weighted by Gasteiger charge is 2.20. The first-order valence-corrected chi connectivity index (χ1v) is 6.44. The van der Waals surface area contributed by atoms with Crippen molar-refractivity contribution in [1.29, 1.82) is 0 Å². The Bertz CT molecular complexity index is 544. The molecule has 1 heterocycles. The maximum atomic E-state index is 13.4. The molecule has 0 bridgehead atoms. The van der Waals surface area contributed by atoms with Gasteiger partial charge in [0.15, 0.2) is 5.82 Å². The lowest BCUT2D eigenvalue weighted by Crippen LogP contribution is -2.12. The quantitative estimate of drug-likeness (QED) is 0.944. The van der Waals surface area contributed by atoms with Crippen molar-refractivity contribution in [2.24, 2.45) is 0 Å². The molecule has 1 aromatic heterocycles. The predicted molar refractivity (Wildman–Crippen MR) is 68.5 cm³/mol. The lowest BCUT2D eigenvalue weighted by molar-refractivity contribution is 0.201. The number of aryl methyl sites for hydroxylation is 1. The summed E-state index contributed by atoms with van der Waals surface area (Å²) < 4.78 is 15.3. The summed E-state index contributed by atoms with van der Waals surface area (Å²) in [7, 11) is 0. The van der Waals surface area contributed by atoms with Crippen LogP contribution in [0.2, 0.25) is 0 Å². The van der Waals surface area contributed by atoms with Crippen molar-refractivity contribution in [3.8, 4) is 0 Å². The van der Waals surface area contributed by atoms with Crippen molar-refractivity contribution in [3.05, 3.63) is 46.2 Å². The summed E-state index contributed by atoms with van der Waals surface area (Å²) in [6.07, 6.45) is 1.28. The molecule has 0 amide bonds. The van der Waals surface area contributed by atoms with Gasteiger partial charge in [-0.15, -0.1) is 0 Å². The molecule has 6 heteroatoms. The zero-order valence-corrected chi connectivity index (χ0v) is 11.4. The van der Waals surface area contributed by atoms with Gasteiger partial charge >= 0.3 is 0 Å². The number of aliphatic hydroxyl groups excluding tert-OH is 1. The third-order valence-electron chi connectivity index (χ3n) is 2.60. The van der Waals surface area contributed by atoms with Crippen LogP contribution in [0, 0.1) is 5.82 Å². The largest absolute Gasteiger partial charge is 0.380 e. The average Bonchev–Trinajstić information content (AvgIpc) is 2.80. The minimum atomic E-state index is -0.996. The lowest BCUT2D eigenvalue weighted by Gasteiger charge is -2.13. The van der Waals surface area contributed by atoms with E-state index in [-0.39, 0.29) is 4.47 Å². The molecule has 0 fully saturated rings. The summed E-state index contributed by atoms with van der Waals surface area (Å²) >= 11 is 3.14. The van der Waals surface area contributed by atoms with Gasteiger partial charge < -0.3 is 5.11 Å². The van der Waals surface area contributed by atoms with E-state index in [1.54, 1.807) is 16.8 Å². The molecular formula is C12H13BrFN3O. The van der Waals surface area contributed by atoms with E-state index in [2.05, 4.69) is 26.0 Å². The number of rotatable bonds is 4. The van der Waals surface area contributed by atoms with Crippen LogP contribution in [-0.2, 0) is 6.54 Å². The third-order valence-corrected chi connectivity index (χ3v) is 3.44. The summed E-state index contributed by atoms with van der Waals surface area (Å²) in [5.74, 6) is 0.0104. The highest BCUT2D eigenvalue weighted by molar-refractivity contribution is 9.10. The van der Waals surface area contributed by atoms with Crippen molar-refractivity contribution >= 4 is 15.9 Å². The molecule has 2 rings (SSSR count). The smallest absolute Gasteiger partial charge is 0.160 e. The number of benzene rings is 1. The number of hydrogen-bond donors (Lipinski definition) is 1. The van der Waals surface area contributed by atoms with Crippen LogP contribution in [0.3, 0.4) is 0 Å². The number of aromatic nitrogens is 3. The van der Waals surface area contributed by atoms with E-state index >= 15 is 0 Å². The van der Waals surface area contributed by atoms with Crippen molar-refractivity contribution < 1.29 is 9.50 Å². The van der Waals surface area contributed by atoms with Gasteiger partial charge in [-0.3, -0.25) is 0 Å². The number of aliphatic hydroxyl groups is 1. The second-order valence-electron chi connectivity index (χ2n) is 3.89. The highest BCUT2D eigenvalue weighted by Crippen LogP contribution is 2.29. The molecular weight excluding hydrogens is 301 g/mol. The molecule has 0 aliphatic rings. The molecule has 1 atom stereocenters. The minimum absolute atomic E-state index is 0.253. The van der Waals surface area contributed by atoms with Crippen molar-refractivity contribution in [3.63, 3.8) is 0 Å². The Morgan fingerprint density at radius 1 is 1.50 bits per heavy atom. The Hall–Kier alpha value is -1.27. The number of nitrogens with zero attached hydrogens (tertiary/aromatic N) is 3. The maximum absolute atomic E-state index is 13.4. The third kappa shape index (κ3) is 2.44. The zero-order valence-electron chi connectivity index (χ0n) is 9.85. The molecule has 0 saturated heterocycles. The highest BCUT2D eigenvalue weighted by atomic mass is 79.9. The number of halogens is 2. The van der Waals surface area contributed by atoms with E-state index in [0.29, 0.717) is 17.9 Å². The molecule has 0 spiro atoms. The lowest BCUT2D eigenvalue weighted by atomic mass is 10.1. The molecule has 1 N–H and O–H groups in total. The second-order valence-corrected chi connectivity index (χ2v) is 4.68. The minimum Gasteiger partial charge on any atom is -0.380 e. The van der Waals surface area contributed by atoms with Gasteiger partial charge in [0.2, 0.25) is 0 Å². The van der Waals surface area contributed by atoms with Gasteiger partial charge in [-0.25, -0.2) is 14.1 Å². The van der Waals surface area contributed by atoms with Gasteiger partial charge in [0.25, 0.3) is 0 Å². The van der Waals surface area contributed by atoms with Crippen molar-refractivity contribution in [2.75, 3.05) is 0 Å². The molecule has 1 aromatic carbocycles. The molecule has 0 saturated carbocycles. The fourth-order valence-electron chi connectivity index (χ4n) is 1.74. The Morgan fingerprint density at radius 2 is 2.28 bits per heavy atom. The summed E-state index contributed by atoms with van der Waals surface area (Å²) in [5.41, 5.74) is 0.445. The molecule has 0 aliphatic heterocycles. The molecule has 0 aliphatic carbocycles. The van der Waals surface area contributed by atoms with Gasteiger partial charge in [-0.1, -0.05) is 19.1 Å². The van der Waals surface area contributed by atoms with Crippen LogP contribution in [0.25, 0.3) is 0 Å². The second kappa shape index (κ2) is 5.58. The fourth-order valence-corrected chi connectivity index (χ4v) is 2.22. The predicted octanol–water partition coefficient (Wildman–Crippen LogP) is 2.67. The van der Waals surface area contributed by atoms with Gasteiger partial charge in [0.05, 0.1) is 4.47 Å². The first kappa shape index (κ1) is 13.2. The Kier molecular flexibility index (Phi) is 4.08. The normalized spacial score (nSPS) is 12.7. The molecule has 1 unspecified atom stereocenters. The van der Waals surface area contributed by atoms with Crippen LogP contribution in [0.4, 0.5) is 4.39 Å². The summed E-state index contributed by atoms with van der Waals surface area (Å²) in [6.45, 7) is 2.68. The molecule has 18 heavy (non-hydrogen) atoms. The van der Waals surface area contributed by atoms with Crippen molar-refractivity contribution in [2.45, 2.75) is 26.0 Å². The Labute approximate surface area is 113 Å². The van der Waals surface area contributed by atoms with Crippen LogP contribution in [0.5, 0.6) is 0 Å². The summed E-state index contributed by atoms with van der Waals surface area (Å²) in [6, 6.07) is 4.54. The van der Waals surface area contributed by atoms with E-state index in [9.17, 15) is 9.50 Å². The summed E-state index contributed by atoms with van der Waals surface area (Å²) in [5, 5.41) is 14.3. The van der Waals surface area contributed by atoms with Crippen LogP contribution in [0.1, 0.15) is 30.8 Å². The van der Waals surface area contributed by atoms with E-state index in [1.807, 2.05) is 6.92 Å².